The molecule has 0 saturated carbocycles. The molecule has 0 bridgehead atoms. The Morgan fingerprint density at radius 3 is 2.89 bits per heavy atom. The van der Waals surface area contributed by atoms with E-state index in [9.17, 15) is 0 Å². The molecule has 0 atom stereocenters. The Morgan fingerprint density at radius 2 is 2.16 bits per heavy atom. The minimum Gasteiger partial charge on any atom is -0.359 e. The third kappa shape index (κ3) is 4.32. The van der Waals surface area contributed by atoms with Crippen molar-refractivity contribution in [2.75, 3.05) is 20.6 Å². The number of hydrogen-bond acceptors (Lipinski definition) is 3. The summed E-state index contributed by atoms with van der Waals surface area (Å²) in [5.41, 5.74) is 0. The van der Waals surface area contributed by atoms with E-state index >= 15 is 0 Å². The van der Waals surface area contributed by atoms with E-state index in [1.165, 1.54) is 19.3 Å². The highest BCUT2D eigenvalue weighted by molar-refractivity contribution is 14.0. The Hall–Kier alpha value is -0.860. The number of hydrogen-bond donors (Lipinski definition) is 2. The second-order valence-corrected chi connectivity index (χ2v) is 4.49. The van der Waals surface area contributed by atoms with E-state index < -0.39 is 0 Å². The molecule has 1 aromatic rings. The summed E-state index contributed by atoms with van der Waals surface area (Å²) in [5, 5.41) is 14.8. The first-order valence-corrected chi connectivity index (χ1v) is 6.64. The zero-order valence-corrected chi connectivity index (χ0v) is 14.0. The van der Waals surface area contributed by atoms with Crippen molar-refractivity contribution in [1.82, 2.24) is 25.4 Å². The average molecular weight is 378 g/mol. The smallest absolute Gasteiger partial charge is 0.190 e. The van der Waals surface area contributed by atoms with Crippen molar-refractivity contribution in [3.63, 3.8) is 0 Å². The maximum atomic E-state index is 4.30. The van der Waals surface area contributed by atoms with E-state index in [2.05, 4.69) is 30.4 Å². The second-order valence-electron chi connectivity index (χ2n) is 4.49. The number of nitrogens with zero attached hydrogens (tertiary/aromatic N) is 4. The van der Waals surface area contributed by atoms with Crippen LogP contribution in [0.2, 0.25) is 0 Å². The summed E-state index contributed by atoms with van der Waals surface area (Å²) >= 11 is 0. The molecule has 0 amide bonds. The van der Waals surface area contributed by atoms with Gasteiger partial charge in [-0.15, -0.1) is 34.2 Å². The number of rotatable bonds is 3. The van der Waals surface area contributed by atoms with Gasteiger partial charge in [0.2, 0.25) is 0 Å². The summed E-state index contributed by atoms with van der Waals surface area (Å²) in [6, 6.07) is 0. The number of nitrogens with one attached hydrogen (secondary N) is 2. The molecule has 1 aromatic heterocycles. The van der Waals surface area contributed by atoms with E-state index in [1.54, 1.807) is 7.05 Å². The molecular weight excluding hydrogens is 355 g/mol. The van der Waals surface area contributed by atoms with Gasteiger partial charge in [0, 0.05) is 40.0 Å². The molecular formula is C12H23IN6. The fraction of sp³-hybridized carbons (Fsp3) is 0.750. The first kappa shape index (κ1) is 16.2. The monoisotopic (exact) mass is 378 g/mol. The van der Waals surface area contributed by atoms with Gasteiger partial charge in [-0.3, -0.25) is 4.99 Å². The highest BCUT2D eigenvalue weighted by Gasteiger charge is 2.14. The Bertz CT molecular complexity index is 414. The molecule has 0 spiro atoms. The van der Waals surface area contributed by atoms with Crippen LogP contribution in [0.5, 0.6) is 0 Å². The van der Waals surface area contributed by atoms with E-state index in [0.717, 1.165) is 43.5 Å². The molecule has 108 valence electrons. The van der Waals surface area contributed by atoms with Gasteiger partial charge in [-0.2, -0.15) is 0 Å². The van der Waals surface area contributed by atoms with Crippen LogP contribution in [0.1, 0.15) is 30.9 Å². The summed E-state index contributed by atoms with van der Waals surface area (Å²) in [7, 11) is 3.63. The molecule has 2 heterocycles. The van der Waals surface area contributed by atoms with Crippen molar-refractivity contribution in [3.05, 3.63) is 11.6 Å². The lowest BCUT2D eigenvalue weighted by atomic mass is 10.2. The highest BCUT2D eigenvalue weighted by atomic mass is 127. The first-order chi connectivity index (χ1) is 8.85. The van der Waals surface area contributed by atoms with Gasteiger partial charge in [-0.05, 0) is 12.8 Å². The van der Waals surface area contributed by atoms with Crippen LogP contribution >= 0.6 is 24.0 Å². The number of guanidine groups is 1. The molecule has 1 aliphatic heterocycles. The fourth-order valence-corrected chi connectivity index (χ4v) is 2.30. The highest BCUT2D eigenvalue weighted by Crippen LogP contribution is 2.14. The van der Waals surface area contributed by atoms with Crippen LogP contribution in [0.15, 0.2) is 4.99 Å². The van der Waals surface area contributed by atoms with Crippen molar-refractivity contribution in [2.45, 2.75) is 38.6 Å². The Kier molecular flexibility index (Phi) is 7.11. The molecule has 19 heavy (non-hydrogen) atoms. The van der Waals surface area contributed by atoms with Crippen molar-refractivity contribution in [2.24, 2.45) is 4.99 Å². The van der Waals surface area contributed by atoms with Crippen LogP contribution in [0.25, 0.3) is 0 Å². The summed E-state index contributed by atoms with van der Waals surface area (Å²) in [4.78, 5) is 4.08. The standard InChI is InChI=1S/C12H22N6.HI/c1-13-12(14-2)15-8-7-11-17-16-10-6-4-3-5-9-18(10)11;/h3-9H2,1-2H3,(H2,13,14,15);1H. The summed E-state index contributed by atoms with van der Waals surface area (Å²) < 4.78 is 2.29. The van der Waals surface area contributed by atoms with Gasteiger partial charge < -0.3 is 15.2 Å². The van der Waals surface area contributed by atoms with Crippen molar-refractivity contribution < 1.29 is 0 Å². The minimum absolute atomic E-state index is 0. The van der Waals surface area contributed by atoms with Crippen LogP contribution in [0.4, 0.5) is 0 Å². The summed E-state index contributed by atoms with van der Waals surface area (Å²) in [5.74, 6) is 3.05. The molecule has 6 nitrogen and oxygen atoms in total. The third-order valence-electron chi connectivity index (χ3n) is 3.29. The molecule has 0 aliphatic carbocycles. The molecule has 0 fully saturated rings. The SMILES string of the molecule is CN=C(NC)NCCc1nnc2n1CCCCC2.I. The topological polar surface area (TPSA) is 67.1 Å². The Morgan fingerprint density at radius 1 is 1.32 bits per heavy atom. The van der Waals surface area contributed by atoms with Gasteiger partial charge in [-0.1, -0.05) is 6.42 Å². The Balaban J connectivity index is 0.00000180. The normalized spacial score (nSPS) is 15.2. The summed E-state index contributed by atoms with van der Waals surface area (Å²) in [6.45, 7) is 1.89. The van der Waals surface area contributed by atoms with Gasteiger partial charge in [0.05, 0.1) is 0 Å². The van der Waals surface area contributed by atoms with Gasteiger partial charge in [0.15, 0.2) is 5.96 Å². The van der Waals surface area contributed by atoms with E-state index in [0.29, 0.717) is 0 Å². The van der Waals surface area contributed by atoms with E-state index in [1.807, 2.05) is 7.05 Å². The van der Waals surface area contributed by atoms with Crippen LogP contribution in [0.3, 0.4) is 0 Å². The third-order valence-corrected chi connectivity index (χ3v) is 3.29. The fourth-order valence-electron chi connectivity index (χ4n) is 2.30. The molecule has 1 aliphatic rings. The lowest BCUT2D eigenvalue weighted by Gasteiger charge is -2.09. The average Bonchev–Trinajstić information content (AvgIpc) is 2.63. The number of fused-ring (bicyclic) bond motifs is 1. The Labute approximate surface area is 131 Å². The lowest BCUT2D eigenvalue weighted by Crippen LogP contribution is -2.36. The maximum absolute atomic E-state index is 4.30. The molecule has 2 N–H and O–H groups in total. The van der Waals surface area contributed by atoms with Crippen molar-refractivity contribution >= 4 is 29.9 Å². The molecule has 0 radical (unpaired) electrons. The number of halogens is 1. The number of aryl methyl sites for hydroxylation is 1. The van der Waals surface area contributed by atoms with E-state index in [-0.39, 0.29) is 24.0 Å². The quantitative estimate of drug-likeness (QED) is 0.467. The van der Waals surface area contributed by atoms with Crippen molar-refractivity contribution in [1.29, 1.82) is 0 Å². The molecule has 0 saturated heterocycles. The molecule has 0 aromatic carbocycles. The van der Waals surface area contributed by atoms with Gasteiger partial charge in [0.1, 0.15) is 11.6 Å². The zero-order valence-electron chi connectivity index (χ0n) is 11.6. The predicted octanol–water partition coefficient (Wildman–Crippen LogP) is 0.960. The summed E-state index contributed by atoms with van der Waals surface area (Å²) in [6.07, 6.45) is 5.73. The van der Waals surface area contributed by atoms with Gasteiger partial charge >= 0.3 is 0 Å². The van der Waals surface area contributed by atoms with Crippen LogP contribution in [0, 0.1) is 0 Å². The van der Waals surface area contributed by atoms with E-state index in [4.69, 9.17) is 0 Å². The van der Waals surface area contributed by atoms with Crippen LogP contribution in [-0.4, -0.2) is 41.4 Å². The first-order valence-electron chi connectivity index (χ1n) is 6.64. The van der Waals surface area contributed by atoms with Gasteiger partial charge in [-0.25, -0.2) is 0 Å². The van der Waals surface area contributed by atoms with Crippen LogP contribution < -0.4 is 10.6 Å². The van der Waals surface area contributed by atoms with Crippen molar-refractivity contribution in [3.8, 4) is 0 Å². The predicted molar refractivity (Wildman–Crippen MR) is 87.1 cm³/mol. The van der Waals surface area contributed by atoms with Crippen LogP contribution in [-0.2, 0) is 19.4 Å². The molecule has 2 rings (SSSR count). The maximum Gasteiger partial charge on any atom is 0.190 e. The second kappa shape index (κ2) is 8.34. The molecule has 7 heteroatoms. The minimum atomic E-state index is 0. The number of aromatic nitrogens is 3. The number of aliphatic imine (C=N–C) groups is 1. The largest absolute Gasteiger partial charge is 0.359 e. The lowest BCUT2D eigenvalue weighted by molar-refractivity contribution is 0.600. The van der Waals surface area contributed by atoms with Gasteiger partial charge in [0.25, 0.3) is 0 Å². The zero-order chi connectivity index (χ0) is 12.8. The molecule has 0 unspecified atom stereocenters.